The van der Waals surface area contributed by atoms with Crippen molar-refractivity contribution in [2.45, 2.75) is 20.3 Å². The van der Waals surface area contributed by atoms with Gasteiger partial charge in [-0.1, -0.05) is 13.0 Å². The minimum atomic E-state index is -1.01. The monoisotopic (exact) mass is 315 g/mol. The van der Waals surface area contributed by atoms with Crippen LogP contribution < -0.4 is 5.32 Å². The van der Waals surface area contributed by atoms with E-state index in [1.807, 2.05) is 32.2 Å². The normalized spacial score (nSPS) is 11.0. The summed E-state index contributed by atoms with van der Waals surface area (Å²) >= 11 is 0. The fraction of sp³-hybridized carbons (Fsp3) is 0.176. The molecule has 0 aliphatic heterocycles. The van der Waals surface area contributed by atoms with Gasteiger partial charge in [0.2, 0.25) is 0 Å². The van der Waals surface area contributed by atoms with Crippen LogP contribution in [0.2, 0.25) is 0 Å². The third-order valence-electron chi connectivity index (χ3n) is 3.57. The van der Waals surface area contributed by atoms with E-state index in [9.17, 15) is 13.6 Å². The summed E-state index contributed by atoms with van der Waals surface area (Å²) in [5.74, 6) is -2.37. The van der Waals surface area contributed by atoms with Gasteiger partial charge in [0.05, 0.1) is 5.69 Å². The molecule has 2 heterocycles. The van der Waals surface area contributed by atoms with Crippen LogP contribution in [0.1, 0.15) is 28.7 Å². The van der Waals surface area contributed by atoms with Crippen LogP contribution in [-0.2, 0) is 6.42 Å². The van der Waals surface area contributed by atoms with E-state index in [2.05, 4.69) is 10.3 Å². The fourth-order valence-corrected chi connectivity index (χ4v) is 2.45. The van der Waals surface area contributed by atoms with Gasteiger partial charge in [0, 0.05) is 18.0 Å². The van der Waals surface area contributed by atoms with Crippen LogP contribution in [0.4, 0.5) is 14.5 Å². The molecule has 118 valence electrons. The molecule has 0 spiro atoms. The molecule has 1 amide bonds. The molecule has 0 bridgehead atoms. The van der Waals surface area contributed by atoms with Crippen molar-refractivity contribution >= 4 is 17.2 Å². The number of rotatable bonds is 3. The first kappa shape index (κ1) is 15.1. The van der Waals surface area contributed by atoms with E-state index >= 15 is 0 Å². The van der Waals surface area contributed by atoms with E-state index in [-0.39, 0.29) is 5.69 Å². The summed E-state index contributed by atoms with van der Waals surface area (Å²) in [6.07, 6.45) is 2.41. The van der Waals surface area contributed by atoms with Crippen molar-refractivity contribution in [2.75, 3.05) is 5.32 Å². The van der Waals surface area contributed by atoms with Gasteiger partial charge in [-0.15, -0.1) is 0 Å². The first-order valence-electron chi connectivity index (χ1n) is 7.23. The highest BCUT2D eigenvalue weighted by Gasteiger charge is 2.18. The summed E-state index contributed by atoms with van der Waals surface area (Å²) in [7, 11) is 0. The van der Waals surface area contributed by atoms with Crippen molar-refractivity contribution in [1.82, 2.24) is 9.38 Å². The highest BCUT2D eigenvalue weighted by atomic mass is 19.2. The molecule has 23 heavy (non-hydrogen) atoms. The highest BCUT2D eigenvalue weighted by Crippen LogP contribution is 2.18. The Labute approximate surface area is 131 Å². The zero-order valence-electron chi connectivity index (χ0n) is 12.7. The Morgan fingerprint density at radius 1 is 1.22 bits per heavy atom. The molecule has 0 radical (unpaired) electrons. The molecule has 0 fully saturated rings. The Hall–Kier alpha value is -2.76. The second-order valence-corrected chi connectivity index (χ2v) is 5.28. The second-order valence-electron chi connectivity index (χ2n) is 5.28. The zero-order chi connectivity index (χ0) is 16.6. The summed E-state index contributed by atoms with van der Waals surface area (Å²) < 4.78 is 28.0. The summed E-state index contributed by atoms with van der Waals surface area (Å²) in [4.78, 5) is 17.0. The smallest absolute Gasteiger partial charge is 0.274 e. The third-order valence-corrected chi connectivity index (χ3v) is 3.57. The molecule has 0 saturated heterocycles. The zero-order valence-corrected chi connectivity index (χ0v) is 12.7. The number of amides is 1. The third kappa shape index (κ3) is 2.79. The molecule has 6 heteroatoms. The number of anilines is 1. The number of benzene rings is 1. The number of carbonyl (C=O) groups excluding carboxylic acids is 1. The maximum atomic E-state index is 13.3. The van der Waals surface area contributed by atoms with Crippen molar-refractivity contribution in [3.63, 3.8) is 0 Å². The van der Waals surface area contributed by atoms with Crippen LogP contribution >= 0.6 is 0 Å². The Kier molecular flexibility index (Phi) is 3.82. The van der Waals surface area contributed by atoms with Gasteiger partial charge >= 0.3 is 0 Å². The van der Waals surface area contributed by atoms with Crippen molar-refractivity contribution in [3.05, 3.63) is 65.1 Å². The number of imidazole rings is 1. The van der Waals surface area contributed by atoms with Gasteiger partial charge in [0.25, 0.3) is 5.91 Å². The van der Waals surface area contributed by atoms with Gasteiger partial charge < -0.3 is 5.32 Å². The van der Waals surface area contributed by atoms with E-state index < -0.39 is 17.5 Å². The Balaban J connectivity index is 2.02. The van der Waals surface area contributed by atoms with Gasteiger partial charge in [-0.05, 0) is 37.1 Å². The lowest BCUT2D eigenvalue weighted by molar-refractivity contribution is 0.102. The SMILES string of the molecule is CCc1nc2ccc(C)cn2c1C(=O)Nc1ccc(F)c(F)c1. The standard InChI is InChI=1S/C17H15F2N3O/c1-3-14-16(22-9-10(2)4-7-15(22)21-14)17(23)20-11-5-6-12(18)13(19)8-11/h4-9H,3H2,1-2H3,(H,20,23). The number of halogens is 2. The molecule has 0 aliphatic carbocycles. The first-order chi connectivity index (χ1) is 11.0. The van der Waals surface area contributed by atoms with E-state index in [0.717, 1.165) is 17.7 Å². The molecular formula is C17H15F2N3O. The van der Waals surface area contributed by atoms with E-state index in [1.165, 1.54) is 6.07 Å². The average Bonchev–Trinajstić information content (AvgIpc) is 2.88. The van der Waals surface area contributed by atoms with Crippen LogP contribution in [0.5, 0.6) is 0 Å². The number of aryl methyl sites for hydroxylation is 2. The Morgan fingerprint density at radius 2 is 2.00 bits per heavy atom. The lowest BCUT2D eigenvalue weighted by atomic mass is 10.2. The molecule has 1 N–H and O–H groups in total. The lowest BCUT2D eigenvalue weighted by Gasteiger charge is -2.07. The molecule has 4 nitrogen and oxygen atoms in total. The van der Waals surface area contributed by atoms with Crippen LogP contribution in [0.15, 0.2) is 36.5 Å². The Bertz CT molecular complexity index is 902. The highest BCUT2D eigenvalue weighted by molar-refractivity contribution is 6.04. The summed E-state index contributed by atoms with van der Waals surface area (Å²) in [6.45, 7) is 3.82. The van der Waals surface area contributed by atoms with Crippen molar-refractivity contribution < 1.29 is 13.6 Å². The number of fused-ring (bicyclic) bond motifs is 1. The molecule has 0 unspecified atom stereocenters. The number of pyridine rings is 1. The molecule has 3 rings (SSSR count). The van der Waals surface area contributed by atoms with E-state index in [1.54, 1.807) is 4.40 Å². The minimum absolute atomic E-state index is 0.193. The number of nitrogens with one attached hydrogen (secondary N) is 1. The summed E-state index contributed by atoms with van der Waals surface area (Å²) in [5.41, 5.74) is 2.90. The quantitative estimate of drug-likeness (QED) is 0.800. The van der Waals surface area contributed by atoms with E-state index in [0.29, 0.717) is 23.5 Å². The molecule has 3 aromatic rings. The van der Waals surface area contributed by atoms with Crippen molar-refractivity contribution in [3.8, 4) is 0 Å². The fourth-order valence-electron chi connectivity index (χ4n) is 2.45. The number of hydrogen-bond acceptors (Lipinski definition) is 2. The predicted molar refractivity (Wildman–Crippen MR) is 83.6 cm³/mol. The van der Waals surface area contributed by atoms with Crippen molar-refractivity contribution in [1.29, 1.82) is 0 Å². The molecule has 0 atom stereocenters. The van der Waals surface area contributed by atoms with Gasteiger partial charge in [-0.2, -0.15) is 0 Å². The topological polar surface area (TPSA) is 46.4 Å². The number of nitrogens with zero attached hydrogens (tertiary/aromatic N) is 2. The van der Waals surface area contributed by atoms with Crippen LogP contribution in [0.25, 0.3) is 5.65 Å². The molecular weight excluding hydrogens is 300 g/mol. The Morgan fingerprint density at radius 3 is 2.70 bits per heavy atom. The lowest BCUT2D eigenvalue weighted by Crippen LogP contribution is -2.16. The maximum Gasteiger partial charge on any atom is 0.274 e. The van der Waals surface area contributed by atoms with Crippen LogP contribution in [0.3, 0.4) is 0 Å². The number of aromatic nitrogens is 2. The van der Waals surface area contributed by atoms with Gasteiger partial charge in [-0.25, -0.2) is 13.8 Å². The van der Waals surface area contributed by atoms with Gasteiger partial charge in [0.1, 0.15) is 11.3 Å². The minimum Gasteiger partial charge on any atom is -0.321 e. The molecule has 0 saturated carbocycles. The predicted octanol–water partition coefficient (Wildman–Crippen LogP) is 3.74. The first-order valence-corrected chi connectivity index (χ1v) is 7.23. The molecule has 1 aromatic carbocycles. The molecule has 2 aromatic heterocycles. The number of carbonyl (C=O) groups is 1. The summed E-state index contributed by atoms with van der Waals surface area (Å²) in [6, 6.07) is 7.00. The van der Waals surface area contributed by atoms with Crippen LogP contribution in [-0.4, -0.2) is 15.3 Å². The van der Waals surface area contributed by atoms with Crippen LogP contribution in [0, 0.1) is 18.6 Å². The summed E-state index contributed by atoms with van der Waals surface area (Å²) in [5, 5.41) is 2.59. The second kappa shape index (κ2) is 5.79. The molecule has 0 aliphatic rings. The van der Waals surface area contributed by atoms with Gasteiger partial charge in [0.15, 0.2) is 11.6 Å². The maximum absolute atomic E-state index is 13.3. The van der Waals surface area contributed by atoms with Crippen molar-refractivity contribution in [2.24, 2.45) is 0 Å². The number of hydrogen-bond donors (Lipinski definition) is 1. The average molecular weight is 315 g/mol. The van der Waals surface area contributed by atoms with E-state index in [4.69, 9.17) is 0 Å². The van der Waals surface area contributed by atoms with Gasteiger partial charge in [-0.3, -0.25) is 9.20 Å². The largest absolute Gasteiger partial charge is 0.321 e.